The average molecular weight is 508 g/mol. The number of ketones is 1. The second-order valence-electron chi connectivity index (χ2n) is 8.30. The normalized spacial score (nSPS) is 14.7. The molecule has 0 unspecified atom stereocenters. The zero-order valence-corrected chi connectivity index (χ0v) is 20.0. The molecule has 0 aliphatic carbocycles. The van der Waals surface area contributed by atoms with Gasteiger partial charge in [-0.2, -0.15) is 0 Å². The van der Waals surface area contributed by atoms with Crippen LogP contribution in [0.1, 0.15) is 39.7 Å². The van der Waals surface area contributed by atoms with Gasteiger partial charge in [0, 0.05) is 17.2 Å². The molecule has 4 aromatic rings. The highest BCUT2D eigenvalue weighted by Gasteiger charge is 2.31. The summed E-state index contributed by atoms with van der Waals surface area (Å²) in [5, 5.41) is 29.5. The van der Waals surface area contributed by atoms with Gasteiger partial charge in [-0.05, 0) is 35.4 Å². The molecule has 3 aromatic carbocycles. The number of hydrogen-bond donors (Lipinski definition) is 2. The molecule has 0 fully saturated rings. The third-order valence-corrected chi connectivity index (χ3v) is 6.03. The van der Waals surface area contributed by atoms with Crippen molar-refractivity contribution >= 4 is 17.4 Å². The molecule has 184 valence electrons. The van der Waals surface area contributed by atoms with Crippen LogP contribution in [0.4, 0.5) is 0 Å². The van der Waals surface area contributed by atoms with Crippen LogP contribution in [-0.4, -0.2) is 38.1 Å². The Morgan fingerprint density at radius 3 is 2.67 bits per heavy atom. The lowest BCUT2D eigenvalue weighted by atomic mass is 9.95. The molecule has 1 aromatic heterocycles. The molecular weight excluding hydrogens is 486 g/mol. The summed E-state index contributed by atoms with van der Waals surface area (Å²) in [5.41, 5.74) is 2.32. The van der Waals surface area contributed by atoms with Gasteiger partial charge in [-0.3, -0.25) is 4.79 Å². The average Bonchev–Trinajstić information content (AvgIpc) is 3.31. The van der Waals surface area contributed by atoms with Crippen LogP contribution in [0.15, 0.2) is 60.8 Å². The standard InChI is InChI=1S/C26H22ClN3O6/c1-34-23-7-4-16(8-20(23)31)24-11-22(33)26-21(32)9-19(10-25(26)36-24)35-14-18-13-30(29-28-18)12-15-2-5-17(27)6-3-15/h2-10,13,24,31-32H,11-12,14H2,1H3/t24-/m0/s1. The molecule has 0 saturated carbocycles. The van der Waals surface area contributed by atoms with Crippen LogP contribution in [0.5, 0.6) is 28.7 Å². The Labute approximate surface area is 211 Å². The van der Waals surface area contributed by atoms with Crippen molar-refractivity contribution in [3.05, 3.63) is 88.2 Å². The number of halogens is 1. The zero-order valence-electron chi connectivity index (χ0n) is 19.2. The molecule has 9 nitrogen and oxygen atoms in total. The Kier molecular flexibility index (Phi) is 6.39. The minimum atomic E-state index is -0.635. The van der Waals surface area contributed by atoms with Crippen molar-refractivity contribution in [2.24, 2.45) is 0 Å². The summed E-state index contributed by atoms with van der Waals surface area (Å²) in [6.07, 6.45) is 1.15. The van der Waals surface area contributed by atoms with Crippen molar-refractivity contribution in [1.29, 1.82) is 0 Å². The van der Waals surface area contributed by atoms with E-state index in [4.69, 9.17) is 25.8 Å². The van der Waals surface area contributed by atoms with Crippen molar-refractivity contribution in [3.8, 4) is 28.7 Å². The number of ether oxygens (including phenoxy) is 3. The molecular formula is C26H22ClN3O6. The first-order valence-electron chi connectivity index (χ1n) is 11.1. The van der Waals surface area contributed by atoms with Crippen LogP contribution in [0.25, 0.3) is 0 Å². The summed E-state index contributed by atoms with van der Waals surface area (Å²) < 4.78 is 18.6. The molecule has 1 atom stereocenters. The van der Waals surface area contributed by atoms with E-state index in [1.807, 2.05) is 24.3 Å². The molecule has 1 aliphatic heterocycles. The molecule has 0 saturated heterocycles. The zero-order chi connectivity index (χ0) is 25.2. The first-order valence-corrected chi connectivity index (χ1v) is 11.5. The molecule has 0 spiro atoms. The number of Topliss-reactive ketones (excluding diaryl/α,β-unsaturated/α-hetero) is 1. The van der Waals surface area contributed by atoms with Gasteiger partial charge in [-0.1, -0.05) is 35.0 Å². The summed E-state index contributed by atoms with van der Waals surface area (Å²) >= 11 is 5.93. The number of aromatic hydroxyl groups is 2. The van der Waals surface area contributed by atoms with Crippen LogP contribution in [-0.2, 0) is 13.2 Å². The van der Waals surface area contributed by atoms with E-state index in [-0.39, 0.29) is 41.6 Å². The number of nitrogens with zero attached hydrogens (tertiary/aromatic N) is 3. The Morgan fingerprint density at radius 1 is 1.11 bits per heavy atom. The predicted molar refractivity (Wildman–Crippen MR) is 130 cm³/mol. The van der Waals surface area contributed by atoms with Crippen molar-refractivity contribution in [1.82, 2.24) is 15.0 Å². The summed E-state index contributed by atoms with van der Waals surface area (Å²) in [7, 11) is 1.45. The van der Waals surface area contributed by atoms with Gasteiger partial charge in [0.05, 0.1) is 26.3 Å². The monoisotopic (exact) mass is 507 g/mol. The fourth-order valence-corrected chi connectivity index (χ4v) is 4.13. The third-order valence-electron chi connectivity index (χ3n) is 5.78. The molecule has 0 bridgehead atoms. The molecule has 0 radical (unpaired) electrons. The van der Waals surface area contributed by atoms with Gasteiger partial charge in [-0.15, -0.1) is 5.10 Å². The number of phenols is 2. The molecule has 0 amide bonds. The van der Waals surface area contributed by atoms with E-state index in [1.54, 1.807) is 29.1 Å². The van der Waals surface area contributed by atoms with E-state index in [2.05, 4.69) is 10.3 Å². The fraction of sp³-hybridized carbons (Fsp3) is 0.192. The Hall–Kier alpha value is -4.24. The molecule has 2 N–H and O–H groups in total. The van der Waals surface area contributed by atoms with Crippen molar-refractivity contribution in [3.63, 3.8) is 0 Å². The minimum absolute atomic E-state index is 0.0171. The van der Waals surface area contributed by atoms with E-state index in [9.17, 15) is 15.0 Å². The number of carbonyl (C=O) groups is 1. The van der Waals surface area contributed by atoms with Crippen LogP contribution in [0.2, 0.25) is 5.02 Å². The van der Waals surface area contributed by atoms with Crippen LogP contribution >= 0.6 is 11.6 Å². The highest BCUT2D eigenvalue weighted by atomic mass is 35.5. The Morgan fingerprint density at radius 2 is 1.92 bits per heavy atom. The Balaban J connectivity index is 1.29. The predicted octanol–water partition coefficient (Wildman–Crippen LogP) is 4.69. The quantitative estimate of drug-likeness (QED) is 0.370. The van der Waals surface area contributed by atoms with Crippen LogP contribution in [0.3, 0.4) is 0 Å². The van der Waals surface area contributed by atoms with Crippen LogP contribution < -0.4 is 14.2 Å². The van der Waals surface area contributed by atoms with Gasteiger partial charge in [0.2, 0.25) is 0 Å². The van der Waals surface area contributed by atoms with Gasteiger partial charge in [0.15, 0.2) is 17.3 Å². The summed E-state index contributed by atoms with van der Waals surface area (Å²) in [6, 6.07) is 15.2. The maximum Gasteiger partial charge on any atom is 0.174 e. The summed E-state index contributed by atoms with van der Waals surface area (Å²) in [4.78, 5) is 12.8. The van der Waals surface area contributed by atoms with Crippen molar-refractivity contribution in [2.45, 2.75) is 25.7 Å². The van der Waals surface area contributed by atoms with E-state index < -0.39 is 6.10 Å². The number of rotatable bonds is 7. The number of aromatic nitrogens is 3. The minimum Gasteiger partial charge on any atom is -0.507 e. The van der Waals surface area contributed by atoms with E-state index in [0.717, 1.165) is 5.56 Å². The van der Waals surface area contributed by atoms with Gasteiger partial charge in [0.1, 0.15) is 41.2 Å². The lowest BCUT2D eigenvalue weighted by Gasteiger charge is -2.26. The number of benzene rings is 3. The second-order valence-corrected chi connectivity index (χ2v) is 8.74. The van der Waals surface area contributed by atoms with Crippen molar-refractivity contribution < 1.29 is 29.2 Å². The number of hydrogen-bond acceptors (Lipinski definition) is 8. The largest absolute Gasteiger partial charge is 0.507 e. The molecule has 10 heteroatoms. The van der Waals surface area contributed by atoms with Crippen molar-refractivity contribution in [2.75, 3.05) is 7.11 Å². The van der Waals surface area contributed by atoms with Gasteiger partial charge in [0.25, 0.3) is 0 Å². The summed E-state index contributed by atoms with van der Waals surface area (Å²) in [6.45, 7) is 0.630. The number of phenolic OH excluding ortho intramolecular Hbond substituents is 2. The van der Waals surface area contributed by atoms with E-state index >= 15 is 0 Å². The number of fused-ring (bicyclic) bond motifs is 1. The molecule has 36 heavy (non-hydrogen) atoms. The second kappa shape index (κ2) is 9.79. The molecule has 2 heterocycles. The van der Waals surface area contributed by atoms with E-state index in [0.29, 0.717) is 34.3 Å². The maximum absolute atomic E-state index is 12.8. The fourth-order valence-electron chi connectivity index (χ4n) is 4.01. The number of carbonyl (C=O) groups excluding carboxylic acids is 1. The highest BCUT2D eigenvalue weighted by molar-refractivity contribution is 6.30. The Bertz CT molecular complexity index is 1420. The maximum atomic E-state index is 12.8. The molecule has 5 rings (SSSR count). The van der Waals surface area contributed by atoms with Gasteiger partial charge < -0.3 is 24.4 Å². The van der Waals surface area contributed by atoms with Gasteiger partial charge in [-0.25, -0.2) is 4.68 Å². The smallest absolute Gasteiger partial charge is 0.174 e. The third kappa shape index (κ3) is 4.92. The lowest BCUT2D eigenvalue weighted by molar-refractivity contribution is 0.0844. The topological polar surface area (TPSA) is 116 Å². The first kappa shape index (κ1) is 23.5. The number of methoxy groups -OCH3 is 1. The summed E-state index contributed by atoms with van der Waals surface area (Å²) in [5.74, 6) is 0.277. The molecule has 1 aliphatic rings. The highest BCUT2D eigenvalue weighted by Crippen LogP contribution is 2.43. The van der Waals surface area contributed by atoms with Crippen LogP contribution in [0, 0.1) is 0 Å². The SMILES string of the molecule is COc1ccc([C@@H]2CC(=O)c3c(O)cc(OCc4cn(Cc5ccc(Cl)cc5)nn4)cc3O2)cc1O. The van der Waals surface area contributed by atoms with Gasteiger partial charge >= 0.3 is 0 Å². The first-order chi connectivity index (χ1) is 17.4. The van der Waals surface area contributed by atoms with E-state index in [1.165, 1.54) is 19.2 Å². The lowest BCUT2D eigenvalue weighted by Crippen LogP contribution is -2.20.